The second kappa shape index (κ2) is 7.18. The van der Waals surface area contributed by atoms with Crippen LogP contribution in [0.1, 0.15) is 11.1 Å². The number of fused-ring (bicyclic) bond motifs is 1. The van der Waals surface area contributed by atoms with E-state index < -0.39 is 36.5 Å². The van der Waals surface area contributed by atoms with E-state index >= 15 is 0 Å². The largest absolute Gasteiger partial charge is 0.501 e. The standard InChI is InChI=1S/C17H15F3O7S2/c1-10-2-5-16(29(23,24)25)11(6-10)7-12-9-26-14-4-3-13(8-15(14)27-12)28(21,22)17(18,19)20/h2-6,8,12H,7,9H2,1H3,(H,23,24,25)/t12-/m1/s1. The van der Waals surface area contributed by atoms with Crippen LogP contribution in [0.2, 0.25) is 0 Å². The highest BCUT2D eigenvalue weighted by atomic mass is 32.2. The highest BCUT2D eigenvalue weighted by Gasteiger charge is 2.47. The maximum atomic E-state index is 12.8. The third kappa shape index (κ3) is 4.33. The topological polar surface area (TPSA) is 107 Å². The Balaban J connectivity index is 1.91. The number of ether oxygens (including phenoxy) is 2. The first-order valence-electron chi connectivity index (χ1n) is 8.11. The average molecular weight is 452 g/mol. The van der Waals surface area contributed by atoms with Crippen LogP contribution in [0, 0.1) is 6.92 Å². The molecule has 0 saturated carbocycles. The van der Waals surface area contributed by atoms with Gasteiger partial charge in [0.25, 0.3) is 20.0 Å². The van der Waals surface area contributed by atoms with Crippen molar-refractivity contribution >= 4 is 20.0 Å². The van der Waals surface area contributed by atoms with E-state index in [4.69, 9.17) is 9.47 Å². The first-order chi connectivity index (χ1) is 13.3. The molecule has 1 aliphatic heterocycles. The zero-order valence-corrected chi connectivity index (χ0v) is 16.4. The summed E-state index contributed by atoms with van der Waals surface area (Å²) in [7, 11) is -10.1. The molecule has 1 N–H and O–H groups in total. The van der Waals surface area contributed by atoms with Crippen molar-refractivity contribution in [3.8, 4) is 11.5 Å². The highest BCUT2D eigenvalue weighted by Crippen LogP contribution is 2.38. The second-order valence-corrected chi connectivity index (χ2v) is 9.73. The monoisotopic (exact) mass is 452 g/mol. The Hall–Kier alpha value is -2.31. The van der Waals surface area contributed by atoms with Crippen molar-refractivity contribution in [2.75, 3.05) is 6.61 Å². The van der Waals surface area contributed by atoms with E-state index in [0.717, 1.165) is 12.1 Å². The fraction of sp³-hybridized carbons (Fsp3) is 0.294. The molecule has 2 aromatic rings. The fourth-order valence-electron chi connectivity index (χ4n) is 2.86. The summed E-state index contributed by atoms with van der Waals surface area (Å²) in [4.78, 5) is -1.33. The van der Waals surface area contributed by atoms with Crippen LogP contribution in [0.25, 0.3) is 0 Å². The number of halogens is 3. The predicted molar refractivity (Wildman–Crippen MR) is 94.3 cm³/mol. The Bertz CT molecular complexity index is 1160. The highest BCUT2D eigenvalue weighted by molar-refractivity contribution is 7.92. The van der Waals surface area contributed by atoms with Crippen LogP contribution in [-0.2, 0) is 26.4 Å². The number of alkyl halides is 3. The molecule has 12 heteroatoms. The Morgan fingerprint density at radius 2 is 1.76 bits per heavy atom. The third-order valence-corrected chi connectivity index (χ3v) is 6.63. The Labute approximate surface area is 164 Å². The summed E-state index contributed by atoms with van der Waals surface area (Å²) in [5.41, 5.74) is -4.53. The maximum absolute atomic E-state index is 12.8. The maximum Gasteiger partial charge on any atom is 0.501 e. The molecule has 1 aliphatic rings. The molecule has 0 radical (unpaired) electrons. The molecule has 29 heavy (non-hydrogen) atoms. The summed E-state index contributed by atoms with van der Waals surface area (Å²) < 4.78 is 105. The van der Waals surface area contributed by atoms with Crippen LogP contribution >= 0.6 is 0 Å². The van der Waals surface area contributed by atoms with Gasteiger partial charge in [-0.15, -0.1) is 0 Å². The molecule has 0 aromatic heterocycles. The van der Waals surface area contributed by atoms with E-state index in [1.807, 2.05) is 0 Å². The Morgan fingerprint density at radius 3 is 2.38 bits per heavy atom. The van der Waals surface area contributed by atoms with Crippen LogP contribution in [0.4, 0.5) is 13.2 Å². The van der Waals surface area contributed by atoms with Crippen LogP contribution in [0.15, 0.2) is 46.2 Å². The van der Waals surface area contributed by atoms with Gasteiger partial charge in [-0.3, -0.25) is 4.55 Å². The predicted octanol–water partition coefficient (Wildman–Crippen LogP) is 2.92. The molecule has 2 aromatic carbocycles. The molecule has 3 rings (SSSR count). The molecule has 1 heterocycles. The second-order valence-electron chi connectivity index (χ2n) is 6.40. The first kappa shape index (κ1) is 21.4. The molecule has 7 nitrogen and oxygen atoms in total. The lowest BCUT2D eigenvalue weighted by atomic mass is 10.0. The van der Waals surface area contributed by atoms with E-state index in [-0.39, 0.29) is 35.0 Å². The summed E-state index contributed by atoms with van der Waals surface area (Å²) in [6, 6.07) is 6.78. The molecule has 0 saturated heterocycles. The Morgan fingerprint density at radius 1 is 1.07 bits per heavy atom. The van der Waals surface area contributed by atoms with Crippen molar-refractivity contribution in [2.45, 2.75) is 34.7 Å². The van der Waals surface area contributed by atoms with Gasteiger partial charge in [0.2, 0.25) is 0 Å². The summed E-state index contributed by atoms with van der Waals surface area (Å²) in [5, 5.41) is 0. The molecule has 0 fully saturated rings. The SMILES string of the molecule is Cc1ccc(S(=O)(=O)O)c(C[C@@H]2COc3ccc(S(=O)(=O)C(F)(F)F)cc3O2)c1. The number of hydrogen-bond donors (Lipinski definition) is 1. The zero-order valence-electron chi connectivity index (χ0n) is 14.8. The lowest BCUT2D eigenvalue weighted by molar-refractivity contribution is -0.0436. The minimum atomic E-state index is -5.57. The van der Waals surface area contributed by atoms with E-state index in [1.54, 1.807) is 6.92 Å². The molecule has 1 atom stereocenters. The summed E-state index contributed by atoms with van der Waals surface area (Å²) in [6.45, 7) is 1.65. The lowest BCUT2D eigenvalue weighted by Gasteiger charge is -2.27. The fourth-order valence-corrected chi connectivity index (χ4v) is 4.35. The van der Waals surface area contributed by atoms with Crippen LogP contribution < -0.4 is 9.47 Å². The van der Waals surface area contributed by atoms with E-state index in [2.05, 4.69) is 0 Å². The molecule has 0 bridgehead atoms. The van der Waals surface area contributed by atoms with Gasteiger partial charge in [0, 0.05) is 12.5 Å². The van der Waals surface area contributed by atoms with Crippen LogP contribution in [0.5, 0.6) is 11.5 Å². The van der Waals surface area contributed by atoms with Crippen LogP contribution in [0.3, 0.4) is 0 Å². The van der Waals surface area contributed by atoms with E-state index in [0.29, 0.717) is 11.6 Å². The molecule has 158 valence electrons. The van der Waals surface area contributed by atoms with Gasteiger partial charge in [-0.2, -0.15) is 21.6 Å². The molecule has 0 aliphatic carbocycles. The minimum Gasteiger partial charge on any atom is -0.486 e. The van der Waals surface area contributed by atoms with Crippen molar-refractivity contribution < 1.29 is 44.0 Å². The molecular formula is C17H15F3O7S2. The number of benzene rings is 2. The number of hydrogen-bond acceptors (Lipinski definition) is 6. The van der Waals surface area contributed by atoms with Crippen molar-refractivity contribution in [3.63, 3.8) is 0 Å². The first-order valence-corrected chi connectivity index (χ1v) is 11.0. The van der Waals surface area contributed by atoms with Crippen molar-refractivity contribution in [3.05, 3.63) is 47.5 Å². The Kier molecular flexibility index (Phi) is 5.30. The minimum absolute atomic E-state index is 0.0491. The van der Waals surface area contributed by atoms with Crippen LogP contribution in [-0.4, -0.2) is 39.6 Å². The number of aryl methyl sites for hydroxylation is 1. The normalized spacial score (nSPS) is 17.2. The number of rotatable bonds is 4. The van der Waals surface area contributed by atoms with Gasteiger partial charge in [0.1, 0.15) is 12.7 Å². The van der Waals surface area contributed by atoms with E-state index in [9.17, 15) is 34.6 Å². The van der Waals surface area contributed by atoms with Gasteiger partial charge in [-0.1, -0.05) is 17.7 Å². The molecule has 0 spiro atoms. The molecule has 0 amide bonds. The van der Waals surface area contributed by atoms with Gasteiger partial charge in [0.05, 0.1) is 9.79 Å². The summed E-state index contributed by atoms with van der Waals surface area (Å²) in [6.07, 6.45) is -0.874. The van der Waals surface area contributed by atoms with Gasteiger partial charge in [-0.25, -0.2) is 8.42 Å². The van der Waals surface area contributed by atoms with Crippen molar-refractivity contribution in [2.24, 2.45) is 0 Å². The quantitative estimate of drug-likeness (QED) is 0.711. The summed E-state index contributed by atoms with van der Waals surface area (Å²) >= 11 is 0. The van der Waals surface area contributed by atoms with Gasteiger partial charge >= 0.3 is 5.51 Å². The summed E-state index contributed by atoms with van der Waals surface area (Å²) in [5.74, 6) is -0.158. The van der Waals surface area contributed by atoms with Gasteiger partial charge < -0.3 is 9.47 Å². The van der Waals surface area contributed by atoms with E-state index in [1.165, 1.54) is 18.2 Å². The zero-order chi connectivity index (χ0) is 21.6. The third-order valence-electron chi connectivity index (χ3n) is 4.19. The average Bonchev–Trinajstić information content (AvgIpc) is 2.59. The van der Waals surface area contributed by atoms with Gasteiger partial charge in [-0.05, 0) is 30.7 Å². The molecular weight excluding hydrogens is 437 g/mol. The lowest BCUT2D eigenvalue weighted by Crippen LogP contribution is -2.32. The molecule has 0 unspecified atom stereocenters. The van der Waals surface area contributed by atoms with Gasteiger partial charge in [0.15, 0.2) is 11.5 Å². The van der Waals surface area contributed by atoms with Crippen molar-refractivity contribution in [1.29, 1.82) is 0 Å². The van der Waals surface area contributed by atoms with Crippen molar-refractivity contribution in [1.82, 2.24) is 0 Å². The smallest absolute Gasteiger partial charge is 0.486 e. The number of sulfone groups is 1.